The molecule has 0 unspecified atom stereocenters. The van der Waals surface area contributed by atoms with E-state index in [1.54, 1.807) is 7.05 Å². The van der Waals surface area contributed by atoms with Gasteiger partial charge in [-0.15, -0.1) is 0 Å². The Labute approximate surface area is 170 Å². The number of aryl methyl sites for hydroxylation is 2. The van der Waals surface area contributed by atoms with Gasteiger partial charge in [0.05, 0.1) is 5.56 Å². The summed E-state index contributed by atoms with van der Waals surface area (Å²) in [6, 6.07) is 8.67. The van der Waals surface area contributed by atoms with Crippen molar-refractivity contribution in [1.29, 1.82) is 0 Å². The van der Waals surface area contributed by atoms with E-state index in [4.69, 9.17) is 0 Å². The number of carbonyl (C=O) groups is 1. The van der Waals surface area contributed by atoms with E-state index in [1.807, 2.05) is 0 Å². The molecule has 1 fully saturated rings. The van der Waals surface area contributed by atoms with Crippen molar-refractivity contribution in [1.82, 2.24) is 19.4 Å². The number of rotatable bonds is 5. The van der Waals surface area contributed by atoms with Crippen LogP contribution in [0.25, 0.3) is 6.08 Å². The minimum atomic E-state index is -0.415. The van der Waals surface area contributed by atoms with Crippen LogP contribution in [0.2, 0.25) is 0 Å². The highest BCUT2D eigenvalue weighted by molar-refractivity contribution is 5.91. The van der Waals surface area contributed by atoms with Gasteiger partial charge in [0.15, 0.2) is 0 Å². The molecule has 154 valence electrons. The SMILES string of the molecule is Cc1cccc(CN2CCC(NC(=O)C=Cc3cn(C)c(=O)n(C)c3=O)CC2)c1. The molecule has 1 aromatic carbocycles. The summed E-state index contributed by atoms with van der Waals surface area (Å²) in [7, 11) is 3.00. The van der Waals surface area contributed by atoms with Gasteiger partial charge in [-0.05, 0) is 31.4 Å². The molecule has 2 aromatic rings. The molecule has 0 radical (unpaired) electrons. The first kappa shape index (κ1) is 20.8. The summed E-state index contributed by atoms with van der Waals surface area (Å²) in [4.78, 5) is 38.5. The number of hydrogen-bond donors (Lipinski definition) is 1. The lowest BCUT2D eigenvalue weighted by molar-refractivity contribution is -0.117. The van der Waals surface area contributed by atoms with E-state index < -0.39 is 11.2 Å². The van der Waals surface area contributed by atoms with Gasteiger partial charge in [0.2, 0.25) is 5.91 Å². The third-order valence-electron chi connectivity index (χ3n) is 5.31. The lowest BCUT2D eigenvalue weighted by Crippen LogP contribution is -2.43. The number of nitrogens with zero attached hydrogens (tertiary/aromatic N) is 3. The van der Waals surface area contributed by atoms with E-state index in [0.717, 1.165) is 37.0 Å². The summed E-state index contributed by atoms with van der Waals surface area (Å²) >= 11 is 0. The zero-order valence-corrected chi connectivity index (χ0v) is 17.2. The van der Waals surface area contributed by atoms with Crippen molar-refractivity contribution in [2.24, 2.45) is 14.1 Å². The molecule has 0 saturated carbocycles. The second-order valence-corrected chi connectivity index (χ2v) is 7.72. The lowest BCUT2D eigenvalue weighted by atomic mass is 10.0. The largest absolute Gasteiger partial charge is 0.350 e. The van der Waals surface area contributed by atoms with Gasteiger partial charge < -0.3 is 9.88 Å². The Morgan fingerprint density at radius 3 is 2.62 bits per heavy atom. The topological polar surface area (TPSA) is 76.3 Å². The molecule has 7 nitrogen and oxygen atoms in total. The van der Waals surface area contributed by atoms with E-state index >= 15 is 0 Å². The fourth-order valence-corrected chi connectivity index (χ4v) is 3.67. The van der Waals surface area contributed by atoms with Crippen molar-refractivity contribution < 1.29 is 4.79 Å². The second-order valence-electron chi connectivity index (χ2n) is 7.72. The van der Waals surface area contributed by atoms with Crippen LogP contribution in [0.5, 0.6) is 0 Å². The Bertz CT molecular complexity index is 1030. The molecule has 3 rings (SSSR count). The summed E-state index contributed by atoms with van der Waals surface area (Å²) in [6.07, 6.45) is 6.06. The van der Waals surface area contributed by atoms with Gasteiger partial charge >= 0.3 is 5.69 Å². The number of likely N-dealkylation sites (tertiary alicyclic amines) is 1. The smallest absolute Gasteiger partial charge is 0.330 e. The first-order valence-corrected chi connectivity index (χ1v) is 9.86. The number of aromatic nitrogens is 2. The first-order chi connectivity index (χ1) is 13.8. The van der Waals surface area contributed by atoms with Gasteiger partial charge in [-0.25, -0.2) is 4.79 Å². The van der Waals surface area contributed by atoms with E-state index in [-0.39, 0.29) is 11.9 Å². The van der Waals surface area contributed by atoms with Crippen LogP contribution in [0.3, 0.4) is 0 Å². The highest BCUT2D eigenvalue weighted by Crippen LogP contribution is 2.14. The van der Waals surface area contributed by atoms with Gasteiger partial charge in [-0.2, -0.15) is 0 Å². The average molecular weight is 396 g/mol. The molecule has 0 spiro atoms. The standard InChI is InChI=1S/C22H28N4O3/c1-16-5-4-6-17(13-16)14-26-11-9-19(10-12-26)23-20(27)8-7-18-15-24(2)22(29)25(3)21(18)28/h4-8,13,15,19H,9-12,14H2,1-3H3,(H,23,27). The predicted octanol–water partition coefficient (Wildman–Crippen LogP) is 1.19. The molecule has 1 N–H and O–H groups in total. The molecule has 1 saturated heterocycles. The molecule has 2 heterocycles. The summed E-state index contributed by atoms with van der Waals surface area (Å²) in [5.41, 5.74) is 2.08. The number of benzene rings is 1. The summed E-state index contributed by atoms with van der Waals surface area (Å²) in [5.74, 6) is -0.224. The number of amides is 1. The maximum atomic E-state index is 12.3. The molecule has 1 aliphatic rings. The van der Waals surface area contributed by atoms with Crippen molar-refractivity contribution in [3.63, 3.8) is 0 Å². The Hall–Kier alpha value is -2.93. The van der Waals surface area contributed by atoms with Crippen LogP contribution < -0.4 is 16.6 Å². The summed E-state index contributed by atoms with van der Waals surface area (Å²) in [6.45, 7) is 4.90. The Morgan fingerprint density at radius 1 is 1.21 bits per heavy atom. The van der Waals surface area contributed by atoms with Crippen molar-refractivity contribution in [2.45, 2.75) is 32.4 Å². The van der Waals surface area contributed by atoms with Crippen molar-refractivity contribution in [3.8, 4) is 0 Å². The van der Waals surface area contributed by atoms with Crippen LogP contribution in [0, 0.1) is 6.92 Å². The van der Waals surface area contributed by atoms with Crippen molar-refractivity contribution in [2.75, 3.05) is 13.1 Å². The monoisotopic (exact) mass is 396 g/mol. The highest BCUT2D eigenvalue weighted by Gasteiger charge is 2.20. The lowest BCUT2D eigenvalue weighted by Gasteiger charge is -2.32. The number of carbonyl (C=O) groups excluding carboxylic acids is 1. The molecule has 0 aliphatic carbocycles. The average Bonchev–Trinajstić information content (AvgIpc) is 2.69. The van der Waals surface area contributed by atoms with Gasteiger partial charge in [0, 0.05) is 52.0 Å². The van der Waals surface area contributed by atoms with Gasteiger partial charge in [0.1, 0.15) is 0 Å². The van der Waals surface area contributed by atoms with Crippen LogP contribution in [0.1, 0.15) is 29.5 Å². The third-order valence-corrected chi connectivity index (χ3v) is 5.31. The Morgan fingerprint density at radius 2 is 1.93 bits per heavy atom. The van der Waals surface area contributed by atoms with E-state index in [0.29, 0.717) is 5.56 Å². The Kier molecular flexibility index (Phi) is 6.49. The number of nitrogens with one attached hydrogen (secondary N) is 1. The molecule has 7 heteroatoms. The number of hydrogen-bond acceptors (Lipinski definition) is 4. The van der Waals surface area contributed by atoms with Crippen LogP contribution in [-0.4, -0.2) is 39.1 Å². The highest BCUT2D eigenvalue weighted by atomic mass is 16.2. The third kappa shape index (κ3) is 5.32. The summed E-state index contributed by atoms with van der Waals surface area (Å²) < 4.78 is 2.35. The fraction of sp³-hybridized carbons (Fsp3) is 0.409. The zero-order chi connectivity index (χ0) is 21.0. The fourth-order valence-electron chi connectivity index (χ4n) is 3.67. The minimum Gasteiger partial charge on any atom is -0.350 e. The van der Waals surface area contributed by atoms with Crippen LogP contribution >= 0.6 is 0 Å². The maximum absolute atomic E-state index is 12.3. The minimum absolute atomic E-state index is 0.129. The van der Waals surface area contributed by atoms with Crippen LogP contribution in [0.4, 0.5) is 0 Å². The zero-order valence-electron chi connectivity index (χ0n) is 17.2. The van der Waals surface area contributed by atoms with Gasteiger partial charge in [-0.1, -0.05) is 29.8 Å². The van der Waals surface area contributed by atoms with Gasteiger partial charge in [0.25, 0.3) is 5.56 Å². The molecular formula is C22H28N4O3. The molecule has 0 atom stereocenters. The van der Waals surface area contributed by atoms with Crippen molar-refractivity contribution >= 4 is 12.0 Å². The maximum Gasteiger partial charge on any atom is 0.330 e. The van der Waals surface area contributed by atoms with Gasteiger partial charge in [-0.3, -0.25) is 19.1 Å². The van der Waals surface area contributed by atoms with Crippen molar-refractivity contribution in [3.05, 3.63) is 74.1 Å². The molecular weight excluding hydrogens is 368 g/mol. The molecule has 0 bridgehead atoms. The summed E-state index contributed by atoms with van der Waals surface area (Å²) in [5, 5.41) is 3.01. The molecule has 1 aliphatic heterocycles. The van der Waals surface area contributed by atoms with E-state index in [9.17, 15) is 14.4 Å². The quantitative estimate of drug-likeness (QED) is 0.771. The molecule has 1 aromatic heterocycles. The van der Waals surface area contributed by atoms with E-state index in [1.165, 1.54) is 41.1 Å². The Balaban J connectivity index is 1.52. The van der Waals surface area contributed by atoms with E-state index in [2.05, 4.69) is 41.4 Å². The normalized spacial score (nSPS) is 15.7. The molecule has 29 heavy (non-hydrogen) atoms. The predicted molar refractivity (Wildman–Crippen MR) is 114 cm³/mol. The second kappa shape index (κ2) is 9.05. The molecule has 1 amide bonds. The number of piperidine rings is 1. The first-order valence-electron chi connectivity index (χ1n) is 9.86. The van der Waals surface area contributed by atoms with Crippen LogP contribution in [-0.2, 0) is 25.4 Å². The van der Waals surface area contributed by atoms with Crippen LogP contribution in [0.15, 0.2) is 46.1 Å².